The molecule has 0 fully saturated rings. The average molecular weight is 288 g/mol. The van der Waals surface area contributed by atoms with Crippen LogP contribution >= 0.6 is 0 Å². The molecule has 1 heterocycles. The van der Waals surface area contributed by atoms with Gasteiger partial charge >= 0.3 is 5.76 Å². The van der Waals surface area contributed by atoms with Crippen LogP contribution in [-0.4, -0.2) is 15.5 Å². The molecule has 0 unspecified atom stereocenters. The third-order valence-electron chi connectivity index (χ3n) is 3.43. The minimum absolute atomic E-state index is 0.0209. The summed E-state index contributed by atoms with van der Waals surface area (Å²) < 4.78 is 5.94. The molecule has 2 aromatic rings. The Morgan fingerprint density at radius 1 is 1.14 bits per heavy atom. The van der Waals surface area contributed by atoms with Gasteiger partial charge in [0.25, 0.3) is 0 Å². The summed E-state index contributed by atoms with van der Waals surface area (Å²) in [6.45, 7) is 7.95. The van der Waals surface area contributed by atoms with Crippen LogP contribution in [0.4, 0.5) is 0 Å². The molecule has 5 heteroatoms. The molecule has 0 aliphatic rings. The Morgan fingerprint density at radius 3 is 2.29 bits per heavy atom. The van der Waals surface area contributed by atoms with Crippen molar-refractivity contribution in [1.29, 1.82) is 0 Å². The highest BCUT2D eigenvalue weighted by Gasteiger charge is 2.17. The third kappa shape index (κ3) is 3.29. The molecule has 2 rings (SSSR count). The molecule has 0 N–H and O–H groups in total. The summed E-state index contributed by atoms with van der Waals surface area (Å²) in [5.41, 5.74) is 1.76. The molecule has 112 valence electrons. The molecule has 0 radical (unpaired) electrons. The minimum atomic E-state index is -0.592. The number of hydrogen-bond acceptors (Lipinski definition) is 4. The standard InChI is InChI=1S/C16H20N2O3/c1-10(2)12-5-7-13(8-6-12)14(19)9-18-15(11(3)4)17-21-16(18)20/h5-8,10-11H,9H2,1-4H3. The molecule has 0 aliphatic carbocycles. The van der Waals surface area contributed by atoms with Crippen LogP contribution in [0.2, 0.25) is 0 Å². The van der Waals surface area contributed by atoms with Gasteiger partial charge in [0.15, 0.2) is 11.6 Å². The van der Waals surface area contributed by atoms with Crippen LogP contribution in [0.15, 0.2) is 33.6 Å². The van der Waals surface area contributed by atoms with Crippen molar-refractivity contribution in [2.24, 2.45) is 0 Å². The first-order chi connectivity index (χ1) is 9.90. The van der Waals surface area contributed by atoms with Crippen LogP contribution in [-0.2, 0) is 6.54 Å². The second kappa shape index (κ2) is 6.08. The first kappa shape index (κ1) is 15.2. The van der Waals surface area contributed by atoms with Gasteiger partial charge in [0.2, 0.25) is 0 Å². The summed E-state index contributed by atoms with van der Waals surface area (Å²) in [6.07, 6.45) is 0. The number of aromatic nitrogens is 2. The van der Waals surface area contributed by atoms with E-state index in [0.717, 1.165) is 0 Å². The summed E-state index contributed by atoms with van der Waals surface area (Å²) in [4.78, 5) is 23.9. The van der Waals surface area contributed by atoms with Gasteiger partial charge in [-0.05, 0) is 11.5 Å². The molecule has 0 bridgehead atoms. The van der Waals surface area contributed by atoms with E-state index in [-0.39, 0.29) is 18.2 Å². The second-order valence-corrected chi connectivity index (χ2v) is 5.75. The van der Waals surface area contributed by atoms with Crippen molar-refractivity contribution in [2.45, 2.75) is 46.1 Å². The van der Waals surface area contributed by atoms with Gasteiger partial charge in [0, 0.05) is 11.5 Å². The van der Waals surface area contributed by atoms with Crippen molar-refractivity contribution in [2.75, 3.05) is 0 Å². The number of hydrogen-bond donors (Lipinski definition) is 0. The molecular weight excluding hydrogens is 268 g/mol. The monoisotopic (exact) mass is 288 g/mol. The number of rotatable bonds is 5. The van der Waals surface area contributed by atoms with Crippen LogP contribution in [0.3, 0.4) is 0 Å². The van der Waals surface area contributed by atoms with E-state index in [4.69, 9.17) is 0 Å². The maximum atomic E-state index is 12.3. The maximum Gasteiger partial charge on any atom is 0.442 e. The highest BCUT2D eigenvalue weighted by molar-refractivity contribution is 5.95. The Labute approximate surface area is 123 Å². The van der Waals surface area contributed by atoms with E-state index in [2.05, 4.69) is 23.5 Å². The largest absolute Gasteiger partial charge is 0.442 e. The SMILES string of the molecule is CC(C)c1ccc(C(=O)Cn2c(C(C)C)noc2=O)cc1. The fourth-order valence-corrected chi connectivity index (χ4v) is 2.13. The second-order valence-electron chi connectivity index (χ2n) is 5.75. The Morgan fingerprint density at radius 2 is 1.76 bits per heavy atom. The van der Waals surface area contributed by atoms with E-state index < -0.39 is 5.76 Å². The zero-order valence-corrected chi connectivity index (χ0v) is 12.8. The molecule has 0 aliphatic heterocycles. The van der Waals surface area contributed by atoms with Crippen LogP contribution in [0.25, 0.3) is 0 Å². The van der Waals surface area contributed by atoms with Gasteiger partial charge in [-0.15, -0.1) is 0 Å². The van der Waals surface area contributed by atoms with Crippen molar-refractivity contribution in [1.82, 2.24) is 9.72 Å². The van der Waals surface area contributed by atoms with E-state index >= 15 is 0 Å². The summed E-state index contributed by atoms with van der Waals surface area (Å²) in [5, 5.41) is 3.72. The molecule has 0 saturated heterocycles. The lowest BCUT2D eigenvalue weighted by Gasteiger charge is -2.08. The van der Waals surface area contributed by atoms with Gasteiger partial charge in [-0.25, -0.2) is 4.79 Å². The number of Topliss-reactive ketones (excluding diaryl/α,β-unsaturated/α-hetero) is 1. The summed E-state index contributed by atoms with van der Waals surface area (Å²) >= 11 is 0. The van der Waals surface area contributed by atoms with Gasteiger partial charge < -0.3 is 0 Å². The van der Waals surface area contributed by atoms with E-state index in [0.29, 0.717) is 17.3 Å². The Balaban J connectivity index is 2.22. The van der Waals surface area contributed by atoms with Gasteiger partial charge in [0.1, 0.15) is 0 Å². The number of nitrogens with zero attached hydrogens (tertiary/aromatic N) is 2. The third-order valence-corrected chi connectivity index (χ3v) is 3.43. The van der Waals surface area contributed by atoms with Gasteiger partial charge in [-0.1, -0.05) is 57.1 Å². The van der Waals surface area contributed by atoms with Crippen molar-refractivity contribution < 1.29 is 9.32 Å². The number of carbonyl (C=O) groups is 1. The van der Waals surface area contributed by atoms with Crippen LogP contribution in [0.5, 0.6) is 0 Å². The smallest absolute Gasteiger partial charge is 0.296 e. The first-order valence-electron chi connectivity index (χ1n) is 7.09. The Kier molecular flexibility index (Phi) is 4.40. The van der Waals surface area contributed by atoms with Crippen molar-refractivity contribution in [3.63, 3.8) is 0 Å². The molecule has 0 atom stereocenters. The fourth-order valence-electron chi connectivity index (χ4n) is 2.13. The molecular formula is C16H20N2O3. The summed E-state index contributed by atoms with van der Waals surface area (Å²) in [5.74, 6) is 0.213. The predicted molar refractivity (Wildman–Crippen MR) is 79.7 cm³/mol. The summed E-state index contributed by atoms with van der Waals surface area (Å²) in [7, 11) is 0. The van der Waals surface area contributed by atoms with Crippen molar-refractivity contribution in [3.05, 3.63) is 51.8 Å². The molecule has 1 aromatic carbocycles. The lowest BCUT2D eigenvalue weighted by molar-refractivity contribution is 0.0968. The number of benzene rings is 1. The van der Waals surface area contributed by atoms with Crippen LogP contribution < -0.4 is 5.76 Å². The van der Waals surface area contributed by atoms with E-state index in [9.17, 15) is 9.59 Å². The summed E-state index contributed by atoms with van der Waals surface area (Å²) in [6, 6.07) is 7.48. The fraction of sp³-hybridized carbons (Fsp3) is 0.438. The lowest BCUT2D eigenvalue weighted by Crippen LogP contribution is -2.23. The van der Waals surface area contributed by atoms with E-state index in [1.165, 1.54) is 10.1 Å². The topological polar surface area (TPSA) is 65.1 Å². The maximum absolute atomic E-state index is 12.3. The number of carbonyl (C=O) groups excluding carboxylic acids is 1. The van der Waals surface area contributed by atoms with Crippen molar-refractivity contribution in [3.8, 4) is 0 Å². The van der Waals surface area contributed by atoms with E-state index in [1.807, 2.05) is 26.0 Å². The van der Waals surface area contributed by atoms with Crippen LogP contribution in [0.1, 0.15) is 61.3 Å². The van der Waals surface area contributed by atoms with E-state index in [1.54, 1.807) is 12.1 Å². The van der Waals surface area contributed by atoms with Crippen LogP contribution in [0, 0.1) is 0 Å². The predicted octanol–water partition coefficient (Wildman–Crippen LogP) is 2.97. The number of ketones is 1. The van der Waals surface area contributed by atoms with Crippen molar-refractivity contribution >= 4 is 5.78 Å². The molecule has 0 amide bonds. The Bertz CT molecular complexity index is 678. The molecule has 0 spiro atoms. The van der Waals surface area contributed by atoms with Gasteiger partial charge in [-0.3, -0.25) is 13.9 Å². The highest BCUT2D eigenvalue weighted by Crippen LogP contribution is 2.16. The normalized spacial score (nSPS) is 11.3. The lowest BCUT2D eigenvalue weighted by atomic mass is 10.0. The minimum Gasteiger partial charge on any atom is -0.296 e. The first-order valence-corrected chi connectivity index (χ1v) is 7.09. The van der Waals surface area contributed by atoms with Gasteiger partial charge in [0.05, 0.1) is 6.54 Å². The zero-order chi connectivity index (χ0) is 15.6. The average Bonchev–Trinajstić information content (AvgIpc) is 2.80. The molecule has 5 nitrogen and oxygen atoms in total. The molecule has 21 heavy (non-hydrogen) atoms. The molecule has 1 aromatic heterocycles. The highest BCUT2D eigenvalue weighted by atomic mass is 16.5. The zero-order valence-electron chi connectivity index (χ0n) is 12.8. The Hall–Kier alpha value is -2.17. The molecule has 0 saturated carbocycles. The quantitative estimate of drug-likeness (QED) is 0.793. The van der Waals surface area contributed by atoms with Gasteiger partial charge in [-0.2, -0.15) is 0 Å².